The van der Waals surface area contributed by atoms with Crippen LogP contribution in [0.4, 0.5) is 4.39 Å². The smallest absolute Gasteiger partial charge is 0.254 e. The first-order valence-corrected chi connectivity index (χ1v) is 8.63. The lowest BCUT2D eigenvalue weighted by molar-refractivity contribution is -0.0962. The lowest BCUT2D eigenvalue weighted by Crippen LogP contribution is -2.51. The fraction of sp³-hybridized carbons (Fsp3) is 0.632. The van der Waals surface area contributed by atoms with Crippen LogP contribution in [0.3, 0.4) is 0 Å². The van der Waals surface area contributed by atoms with Crippen LogP contribution in [0.1, 0.15) is 56.0 Å². The van der Waals surface area contributed by atoms with Crippen molar-refractivity contribution in [2.45, 2.75) is 59.2 Å². The number of morpholine rings is 1. The van der Waals surface area contributed by atoms with Gasteiger partial charge in [-0.2, -0.15) is 0 Å². The molecule has 23 heavy (non-hydrogen) atoms. The zero-order valence-electron chi connectivity index (χ0n) is 14.6. The van der Waals surface area contributed by atoms with Gasteiger partial charge in [-0.05, 0) is 37.0 Å². The summed E-state index contributed by atoms with van der Waals surface area (Å²) in [6, 6.07) is 4.41. The predicted molar refractivity (Wildman–Crippen MR) is 90.1 cm³/mol. The first-order valence-electron chi connectivity index (χ1n) is 8.63. The van der Waals surface area contributed by atoms with E-state index in [0.717, 1.165) is 24.8 Å². The molecule has 0 saturated carbocycles. The van der Waals surface area contributed by atoms with Crippen molar-refractivity contribution in [2.75, 3.05) is 13.1 Å². The molecule has 4 heteroatoms. The number of hydrogen-bond donors (Lipinski definition) is 0. The molecule has 1 aromatic carbocycles. The molecule has 0 spiro atoms. The Balaban J connectivity index is 2.18. The van der Waals surface area contributed by atoms with Gasteiger partial charge in [0, 0.05) is 18.7 Å². The standard InChI is InChI=1S/C19H28FNO2/c1-5-6-7-16-11-21(12-18(23-16)13(2)3)19(22)17-10-15(20)9-8-14(17)4/h8-10,13,16,18H,5-7,11-12H2,1-4H3/t16-,18-/m1/s1. The summed E-state index contributed by atoms with van der Waals surface area (Å²) >= 11 is 0. The molecule has 0 aliphatic carbocycles. The van der Waals surface area contributed by atoms with E-state index < -0.39 is 0 Å². The van der Waals surface area contributed by atoms with E-state index in [4.69, 9.17) is 4.74 Å². The number of unbranched alkanes of at least 4 members (excludes halogenated alkanes) is 1. The Labute approximate surface area is 138 Å². The summed E-state index contributed by atoms with van der Waals surface area (Å²) in [7, 11) is 0. The number of benzene rings is 1. The van der Waals surface area contributed by atoms with Gasteiger partial charge in [0.15, 0.2) is 0 Å². The van der Waals surface area contributed by atoms with E-state index in [1.54, 1.807) is 6.07 Å². The van der Waals surface area contributed by atoms with Gasteiger partial charge in [-0.15, -0.1) is 0 Å². The zero-order chi connectivity index (χ0) is 17.0. The van der Waals surface area contributed by atoms with Crippen LogP contribution in [0.2, 0.25) is 0 Å². The van der Waals surface area contributed by atoms with Gasteiger partial charge >= 0.3 is 0 Å². The van der Waals surface area contributed by atoms with E-state index in [1.807, 2.05) is 11.8 Å². The number of carbonyl (C=O) groups is 1. The second kappa shape index (κ2) is 7.91. The Kier molecular flexibility index (Phi) is 6.17. The number of halogens is 1. The summed E-state index contributed by atoms with van der Waals surface area (Å²) in [6.45, 7) is 9.41. The second-order valence-corrected chi connectivity index (χ2v) is 6.85. The molecule has 1 fully saturated rings. The van der Waals surface area contributed by atoms with Crippen molar-refractivity contribution in [2.24, 2.45) is 5.92 Å². The van der Waals surface area contributed by atoms with E-state index in [9.17, 15) is 9.18 Å². The quantitative estimate of drug-likeness (QED) is 0.814. The zero-order valence-corrected chi connectivity index (χ0v) is 14.6. The summed E-state index contributed by atoms with van der Waals surface area (Å²) in [4.78, 5) is 14.7. The third-order valence-electron chi connectivity index (χ3n) is 4.53. The molecule has 1 heterocycles. The number of ether oxygens (including phenoxy) is 1. The third-order valence-corrected chi connectivity index (χ3v) is 4.53. The summed E-state index contributed by atoms with van der Waals surface area (Å²) in [5, 5.41) is 0. The number of nitrogens with zero attached hydrogens (tertiary/aromatic N) is 1. The van der Waals surface area contributed by atoms with Crippen molar-refractivity contribution in [1.29, 1.82) is 0 Å². The van der Waals surface area contributed by atoms with Crippen molar-refractivity contribution in [3.8, 4) is 0 Å². The molecule has 2 rings (SSSR count). The molecule has 0 N–H and O–H groups in total. The van der Waals surface area contributed by atoms with Gasteiger partial charge in [0.05, 0.1) is 12.2 Å². The second-order valence-electron chi connectivity index (χ2n) is 6.85. The average Bonchev–Trinajstić information content (AvgIpc) is 2.54. The topological polar surface area (TPSA) is 29.5 Å². The fourth-order valence-electron chi connectivity index (χ4n) is 2.99. The number of aryl methyl sites for hydroxylation is 1. The molecule has 128 valence electrons. The molecule has 0 aromatic heterocycles. The fourth-order valence-corrected chi connectivity index (χ4v) is 2.99. The Hall–Kier alpha value is -1.42. The van der Waals surface area contributed by atoms with E-state index in [2.05, 4.69) is 20.8 Å². The van der Waals surface area contributed by atoms with Crippen LogP contribution in [0.15, 0.2) is 18.2 Å². The Morgan fingerprint density at radius 3 is 2.78 bits per heavy atom. The van der Waals surface area contributed by atoms with E-state index in [-0.39, 0.29) is 23.9 Å². The van der Waals surface area contributed by atoms with Crippen LogP contribution in [0, 0.1) is 18.7 Å². The number of hydrogen-bond acceptors (Lipinski definition) is 2. The molecular formula is C19H28FNO2. The largest absolute Gasteiger partial charge is 0.371 e. The first-order chi connectivity index (χ1) is 10.9. The molecule has 1 aliphatic rings. The molecule has 1 amide bonds. The highest BCUT2D eigenvalue weighted by molar-refractivity contribution is 5.95. The predicted octanol–water partition coefficient (Wildman–Crippen LogP) is 4.19. The molecule has 1 aliphatic heterocycles. The van der Waals surface area contributed by atoms with Crippen LogP contribution >= 0.6 is 0 Å². The minimum Gasteiger partial charge on any atom is -0.371 e. The van der Waals surface area contributed by atoms with Crippen LogP contribution in [-0.4, -0.2) is 36.1 Å². The van der Waals surface area contributed by atoms with Gasteiger partial charge < -0.3 is 9.64 Å². The summed E-state index contributed by atoms with van der Waals surface area (Å²) < 4.78 is 19.7. The maximum absolute atomic E-state index is 13.5. The Morgan fingerprint density at radius 1 is 1.39 bits per heavy atom. The lowest BCUT2D eigenvalue weighted by Gasteiger charge is -2.40. The molecule has 2 atom stereocenters. The summed E-state index contributed by atoms with van der Waals surface area (Å²) in [6.07, 6.45) is 3.29. The number of amides is 1. The van der Waals surface area contributed by atoms with Crippen molar-refractivity contribution < 1.29 is 13.9 Å². The van der Waals surface area contributed by atoms with Gasteiger partial charge in [0.25, 0.3) is 5.91 Å². The third kappa shape index (κ3) is 4.54. The van der Waals surface area contributed by atoms with Gasteiger partial charge in [-0.1, -0.05) is 39.7 Å². The van der Waals surface area contributed by atoms with Crippen LogP contribution in [0.25, 0.3) is 0 Å². The van der Waals surface area contributed by atoms with Crippen molar-refractivity contribution in [3.05, 3.63) is 35.1 Å². The minimum atomic E-state index is -0.366. The van der Waals surface area contributed by atoms with Gasteiger partial charge in [0.2, 0.25) is 0 Å². The van der Waals surface area contributed by atoms with E-state index >= 15 is 0 Å². The number of carbonyl (C=O) groups excluding carboxylic acids is 1. The van der Waals surface area contributed by atoms with Gasteiger partial charge in [0.1, 0.15) is 5.82 Å². The summed E-state index contributed by atoms with van der Waals surface area (Å²) in [5.41, 5.74) is 1.28. The van der Waals surface area contributed by atoms with E-state index in [1.165, 1.54) is 12.1 Å². The molecule has 1 aromatic rings. The Bertz CT molecular complexity index is 544. The first kappa shape index (κ1) is 17.9. The van der Waals surface area contributed by atoms with Crippen molar-refractivity contribution in [3.63, 3.8) is 0 Å². The van der Waals surface area contributed by atoms with Crippen LogP contribution in [0.5, 0.6) is 0 Å². The highest BCUT2D eigenvalue weighted by Gasteiger charge is 2.32. The van der Waals surface area contributed by atoms with Crippen molar-refractivity contribution in [1.82, 2.24) is 4.90 Å². The summed E-state index contributed by atoms with van der Waals surface area (Å²) in [5.74, 6) is -0.101. The highest BCUT2D eigenvalue weighted by atomic mass is 19.1. The average molecular weight is 321 g/mol. The van der Waals surface area contributed by atoms with E-state index in [0.29, 0.717) is 24.6 Å². The lowest BCUT2D eigenvalue weighted by atomic mass is 10.0. The van der Waals surface area contributed by atoms with Crippen LogP contribution < -0.4 is 0 Å². The number of rotatable bonds is 5. The monoisotopic (exact) mass is 321 g/mol. The van der Waals surface area contributed by atoms with Gasteiger partial charge in [-0.25, -0.2) is 4.39 Å². The molecular weight excluding hydrogens is 293 g/mol. The molecule has 3 nitrogen and oxygen atoms in total. The molecule has 1 saturated heterocycles. The maximum atomic E-state index is 13.5. The minimum absolute atomic E-state index is 0.0448. The molecule has 0 unspecified atom stereocenters. The maximum Gasteiger partial charge on any atom is 0.254 e. The molecule has 0 bridgehead atoms. The van der Waals surface area contributed by atoms with Crippen LogP contribution in [-0.2, 0) is 4.74 Å². The van der Waals surface area contributed by atoms with Crippen molar-refractivity contribution >= 4 is 5.91 Å². The van der Waals surface area contributed by atoms with Gasteiger partial charge in [-0.3, -0.25) is 4.79 Å². The SMILES string of the molecule is CCCC[C@@H]1CN(C(=O)c2cc(F)ccc2C)C[C@H](C(C)C)O1. The highest BCUT2D eigenvalue weighted by Crippen LogP contribution is 2.23. The Morgan fingerprint density at radius 2 is 2.13 bits per heavy atom. The molecule has 0 radical (unpaired) electrons. The normalized spacial score (nSPS) is 21.7.